The minimum absolute atomic E-state index is 0.334. The van der Waals surface area contributed by atoms with Gasteiger partial charge in [0.15, 0.2) is 0 Å². The van der Waals surface area contributed by atoms with E-state index < -0.39 is 0 Å². The number of rotatable bonds is 4. The van der Waals surface area contributed by atoms with Gasteiger partial charge in [-0.3, -0.25) is 0 Å². The molecule has 3 aromatic rings. The summed E-state index contributed by atoms with van der Waals surface area (Å²) >= 11 is 0. The molecule has 4 aliphatic carbocycles. The molecule has 0 saturated heterocycles. The predicted octanol–water partition coefficient (Wildman–Crippen LogP) is 6.99. The van der Waals surface area contributed by atoms with Crippen molar-refractivity contribution in [1.82, 2.24) is 0 Å². The van der Waals surface area contributed by atoms with Crippen LogP contribution in [0.25, 0.3) is 21.9 Å². The largest absolute Gasteiger partial charge is 0.497 e. The average Bonchev–Trinajstić information content (AvgIpc) is 2.77. The number of methoxy groups -OCH3 is 2. The van der Waals surface area contributed by atoms with E-state index >= 15 is 0 Å². The van der Waals surface area contributed by atoms with Gasteiger partial charge < -0.3 is 9.47 Å². The van der Waals surface area contributed by atoms with Gasteiger partial charge in [-0.15, -0.1) is 0 Å². The van der Waals surface area contributed by atoms with Crippen LogP contribution in [0.15, 0.2) is 54.6 Å². The smallest absolute Gasteiger partial charge is 0.122 e. The molecule has 2 nitrogen and oxygen atoms in total. The van der Waals surface area contributed by atoms with Crippen LogP contribution in [0.2, 0.25) is 0 Å². The molecule has 154 valence electrons. The highest BCUT2D eigenvalue weighted by Crippen LogP contribution is 2.62. The molecule has 0 unspecified atom stereocenters. The number of hydrogen-bond acceptors (Lipinski definition) is 2. The lowest BCUT2D eigenvalue weighted by atomic mass is 9.48. The average molecular weight is 399 g/mol. The van der Waals surface area contributed by atoms with Gasteiger partial charge in [-0.2, -0.15) is 0 Å². The molecule has 30 heavy (non-hydrogen) atoms. The van der Waals surface area contributed by atoms with E-state index in [4.69, 9.17) is 9.47 Å². The van der Waals surface area contributed by atoms with Crippen molar-refractivity contribution in [3.8, 4) is 22.6 Å². The van der Waals surface area contributed by atoms with Crippen LogP contribution in [0.4, 0.5) is 0 Å². The Hall–Kier alpha value is -2.48. The summed E-state index contributed by atoms with van der Waals surface area (Å²) in [6, 6.07) is 20.0. The summed E-state index contributed by atoms with van der Waals surface area (Å²) in [6.45, 7) is 0. The Labute approximate surface area is 179 Å². The zero-order chi connectivity index (χ0) is 20.3. The second-order valence-electron chi connectivity index (χ2n) is 10.0. The van der Waals surface area contributed by atoms with Gasteiger partial charge in [0, 0.05) is 5.56 Å². The normalized spacial score (nSPS) is 29.3. The van der Waals surface area contributed by atoms with Crippen LogP contribution >= 0.6 is 0 Å². The number of ether oxygens (including phenoxy) is 2. The lowest BCUT2D eigenvalue weighted by Crippen LogP contribution is -2.48. The molecule has 2 heteroatoms. The molecule has 0 aromatic heterocycles. The minimum Gasteiger partial charge on any atom is -0.497 e. The molecule has 4 bridgehead atoms. The Bertz CT molecular complexity index is 1080. The fraction of sp³-hybridized carbons (Fsp3) is 0.429. The topological polar surface area (TPSA) is 18.5 Å². The molecule has 0 spiro atoms. The molecule has 0 N–H and O–H groups in total. The van der Waals surface area contributed by atoms with Gasteiger partial charge in [0.05, 0.1) is 14.2 Å². The molecule has 0 aliphatic heterocycles. The second-order valence-corrected chi connectivity index (χ2v) is 10.0. The number of hydrogen-bond donors (Lipinski definition) is 0. The highest BCUT2D eigenvalue weighted by Gasteiger charge is 2.52. The fourth-order valence-electron chi connectivity index (χ4n) is 7.27. The summed E-state index contributed by atoms with van der Waals surface area (Å²) < 4.78 is 11.3. The van der Waals surface area contributed by atoms with Crippen LogP contribution < -0.4 is 9.47 Å². The molecule has 4 fully saturated rings. The van der Waals surface area contributed by atoms with Crippen molar-refractivity contribution < 1.29 is 9.47 Å². The molecule has 3 aromatic carbocycles. The maximum absolute atomic E-state index is 5.91. The van der Waals surface area contributed by atoms with E-state index in [1.807, 2.05) is 13.2 Å². The Morgan fingerprint density at radius 3 is 1.93 bits per heavy atom. The second kappa shape index (κ2) is 6.77. The Kier molecular flexibility index (Phi) is 4.13. The lowest BCUT2D eigenvalue weighted by Gasteiger charge is -2.57. The highest BCUT2D eigenvalue weighted by molar-refractivity contribution is 5.88. The monoisotopic (exact) mass is 398 g/mol. The molecule has 0 amide bonds. The zero-order valence-electron chi connectivity index (χ0n) is 18.0. The molecular weight excluding hydrogens is 368 g/mol. The van der Waals surface area contributed by atoms with Crippen molar-refractivity contribution in [1.29, 1.82) is 0 Å². The molecule has 0 heterocycles. The van der Waals surface area contributed by atoms with Gasteiger partial charge in [0.2, 0.25) is 0 Å². The highest BCUT2D eigenvalue weighted by atomic mass is 16.5. The van der Waals surface area contributed by atoms with Gasteiger partial charge in [-0.05, 0) is 114 Å². The van der Waals surface area contributed by atoms with Gasteiger partial charge in [0.1, 0.15) is 11.5 Å². The van der Waals surface area contributed by atoms with Crippen LogP contribution in [-0.4, -0.2) is 14.2 Å². The minimum atomic E-state index is 0.334. The van der Waals surface area contributed by atoms with E-state index in [1.54, 1.807) is 7.11 Å². The summed E-state index contributed by atoms with van der Waals surface area (Å²) in [6.07, 6.45) is 8.48. The molecule has 0 atom stereocenters. The summed E-state index contributed by atoms with van der Waals surface area (Å²) in [4.78, 5) is 0. The van der Waals surface area contributed by atoms with Crippen molar-refractivity contribution in [2.75, 3.05) is 14.2 Å². The van der Waals surface area contributed by atoms with Crippen LogP contribution in [-0.2, 0) is 5.41 Å². The third-order valence-corrected chi connectivity index (χ3v) is 8.19. The van der Waals surface area contributed by atoms with E-state index in [1.165, 1.54) is 66.0 Å². The SMILES string of the molecule is COc1ccc2cc(-c3ccc(OC)c(C45CC6CC(CC(C6)C4)C5)c3)ccc2c1. The first-order chi connectivity index (χ1) is 14.7. The van der Waals surface area contributed by atoms with Gasteiger partial charge >= 0.3 is 0 Å². The summed E-state index contributed by atoms with van der Waals surface area (Å²) in [7, 11) is 3.56. The Balaban J connectivity index is 1.43. The Morgan fingerprint density at radius 1 is 0.667 bits per heavy atom. The first kappa shape index (κ1) is 18.3. The quantitative estimate of drug-likeness (QED) is 0.471. The third-order valence-electron chi connectivity index (χ3n) is 8.19. The summed E-state index contributed by atoms with van der Waals surface area (Å²) in [5.74, 6) is 4.79. The van der Waals surface area contributed by atoms with Crippen molar-refractivity contribution in [2.24, 2.45) is 17.8 Å². The van der Waals surface area contributed by atoms with E-state index in [-0.39, 0.29) is 0 Å². The third kappa shape index (κ3) is 2.84. The molecular formula is C28H30O2. The molecule has 4 aliphatic rings. The van der Waals surface area contributed by atoms with Crippen molar-refractivity contribution in [3.05, 3.63) is 60.2 Å². The number of fused-ring (bicyclic) bond motifs is 1. The summed E-state index contributed by atoms with van der Waals surface area (Å²) in [5, 5.41) is 2.47. The van der Waals surface area contributed by atoms with Crippen LogP contribution in [0.3, 0.4) is 0 Å². The lowest BCUT2D eigenvalue weighted by molar-refractivity contribution is -0.00613. The summed E-state index contributed by atoms with van der Waals surface area (Å²) in [5.41, 5.74) is 4.39. The van der Waals surface area contributed by atoms with E-state index in [0.717, 1.165) is 29.3 Å². The van der Waals surface area contributed by atoms with Crippen molar-refractivity contribution in [2.45, 2.75) is 43.9 Å². The maximum atomic E-state index is 5.91. The number of benzene rings is 3. The maximum Gasteiger partial charge on any atom is 0.122 e. The van der Waals surface area contributed by atoms with Crippen molar-refractivity contribution >= 4 is 10.8 Å². The first-order valence-corrected chi connectivity index (χ1v) is 11.4. The predicted molar refractivity (Wildman–Crippen MR) is 122 cm³/mol. The Morgan fingerprint density at radius 2 is 1.27 bits per heavy atom. The molecule has 7 rings (SSSR count). The van der Waals surface area contributed by atoms with E-state index in [0.29, 0.717) is 5.41 Å². The van der Waals surface area contributed by atoms with Gasteiger partial charge in [-0.25, -0.2) is 0 Å². The fourth-order valence-corrected chi connectivity index (χ4v) is 7.27. The zero-order valence-corrected chi connectivity index (χ0v) is 18.0. The van der Waals surface area contributed by atoms with Crippen molar-refractivity contribution in [3.63, 3.8) is 0 Å². The molecule has 4 saturated carbocycles. The van der Waals surface area contributed by atoms with Gasteiger partial charge in [-0.1, -0.05) is 24.3 Å². The van der Waals surface area contributed by atoms with Crippen LogP contribution in [0.5, 0.6) is 11.5 Å². The van der Waals surface area contributed by atoms with Crippen LogP contribution in [0, 0.1) is 17.8 Å². The van der Waals surface area contributed by atoms with Crippen LogP contribution in [0.1, 0.15) is 44.1 Å². The first-order valence-electron chi connectivity index (χ1n) is 11.4. The standard InChI is InChI=1S/C28H30O2/c1-29-25-7-5-22-12-21(3-4-23(22)13-25)24-6-8-27(30-2)26(14-24)28-15-18-9-19(16-28)11-20(10-18)17-28/h3-8,12-14,18-20H,9-11,15-17H2,1-2H3. The van der Waals surface area contributed by atoms with E-state index in [2.05, 4.69) is 48.5 Å². The van der Waals surface area contributed by atoms with E-state index in [9.17, 15) is 0 Å². The van der Waals surface area contributed by atoms with Gasteiger partial charge in [0.25, 0.3) is 0 Å². The molecule has 0 radical (unpaired) electrons.